The minimum absolute atomic E-state index is 0.0797. The third kappa shape index (κ3) is 3.65. The Morgan fingerprint density at radius 1 is 1.19 bits per heavy atom. The van der Waals surface area contributed by atoms with E-state index >= 15 is 0 Å². The Labute approximate surface area is 132 Å². The zero-order valence-corrected chi connectivity index (χ0v) is 13.0. The van der Waals surface area contributed by atoms with Gasteiger partial charge in [0.2, 0.25) is 0 Å². The first-order chi connectivity index (χ1) is 9.88. The van der Waals surface area contributed by atoms with Crippen molar-refractivity contribution in [2.45, 2.75) is 13.5 Å². The molecule has 0 atom stereocenters. The van der Waals surface area contributed by atoms with Gasteiger partial charge in [-0.05, 0) is 30.7 Å². The van der Waals surface area contributed by atoms with E-state index in [2.05, 4.69) is 0 Å². The van der Waals surface area contributed by atoms with Gasteiger partial charge in [0, 0.05) is 18.8 Å². The quantitative estimate of drug-likeness (QED) is 0.632. The fraction of sp³-hybridized carbons (Fsp3) is 0.200. The standard InChI is InChI=1S/C15H13Cl2NO3/c1-9(19)11-6-14(18(2)7-11)15(20)21-8-10-3-4-12(16)13(17)5-10/h3-7H,8H2,1-2H3. The van der Waals surface area contributed by atoms with Crippen molar-refractivity contribution in [1.82, 2.24) is 4.57 Å². The van der Waals surface area contributed by atoms with Crippen LogP contribution < -0.4 is 0 Å². The zero-order chi connectivity index (χ0) is 15.6. The molecule has 0 aliphatic heterocycles. The molecule has 2 rings (SSSR count). The number of hydrogen-bond donors (Lipinski definition) is 0. The van der Waals surface area contributed by atoms with Crippen molar-refractivity contribution in [2.24, 2.45) is 7.05 Å². The number of ether oxygens (including phenoxy) is 1. The van der Waals surface area contributed by atoms with Crippen LogP contribution in [-0.4, -0.2) is 16.3 Å². The number of hydrogen-bond acceptors (Lipinski definition) is 3. The van der Waals surface area contributed by atoms with Gasteiger partial charge in [-0.1, -0.05) is 29.3 Å². The van der Waals surface area contributed by atoms with Crippen LogP contribution in [0.2, 0.25) is 10.0 Å². The summed E-state index contributed by atoms with van der Waals surface area (Å²) in [6.07, 6.45) is 1.60. The predicted molar refractivity (Wildman–Crippen MR) is 81.0 cm³/mol. The van der Waals surface area contributed by atoms with Crippen LogP contribution in [0.5, 0.6) is 0 Å². The van der Waals surface area contributed by atoms with E-state index < -0.39 is 5.97 Å². The van der Waals surface area contributed by atoms with Crippen molar-refractivity contribution in [3.63, 3.8) is 0 Å². The van der Waals surface area contributed by atoms with Crippen molar-refractivity contribution in [3.05, 3.63) is 57.3 Å². The number of Topliss-reactive ketones (excluding diaryl/α,β-unsaturated/α-hetero) is 1. The molecule has 1 aromatic heterocycles. The normalized spacial score (nSPS) is 10.5. The van der Waals surface area contributed by atoms with E-state index in [9.17, 15) is 9.59 Å². The molecule has 0 radical (unpaired) electrons. The number of benzene rings is 1. The van der Waals surface area contributed by atoms with Crippen molar-refractivity contribution >= 4 is 35.0 Å². The minimum atomic E-state index is -0.504. The summed E-state index contributed by atoms with van der Waals surface area (Å²) < 4.78 is 6.77. The van der Waals surface area contributed by atoms with Crippen LogP contribution >= 0.6 is 23.2 Å². The fourth-order valence-corrected chi connectivity index (χ4v) is 2.13. The summed E-state index contributed by atoms with van der Waals surface area (Å²) in [5, 5.41) is 0.850. The molecular formula is C15H13Cl2NO3. The molecule has 6 heteroatoms. The molecule has 2 aromatic rings. The number of aryl methyl sites for hydroxylation is 1. The van der Waals surface area contributed by atoms with Gasteiger partial charge in [-0.25, -0.2) is 4.79 Å². The Hall–Kier alpha value is -1.78. The maximum absolute atomic E-state index is 12.0. The second-order valence-electron chi connectivity index (χ2n) is 4.61. The first-order valence-corrected chi connectivity index (χ1v) is 6.92. The van der Waals surface area contributed by atoms with Crippen LogP contribution in [0.15, 0.2) is 30.5 Å². The number of carbonyl (C=O) groups is 2. The van der Waals surface area contributed by atoms with Crippen LogP contribution in [0.25, 0.3) is 0 Å². The Morgan fingerprint density at radius 2 is 1.90 bits per heavy atom. The first-order valence-electron chi connectivity index (χ1n) is 6.17. The van der Waals surface area contributed by atoms with E-state index in [1.807, 2.05) is 0 Å². The van der Waals surface area contributed by atoms with Crippen molar-refractivity contribution in [2.75, 3.05) is 0 Å². The molecular weight excluding hydrogens is 313 g/mol. The fourth-order valence-electron chi connectivity index (χ4n) is 1.81. The smallest absolute Gasteiger partial charge is 0.355 e. The van der Waals surface area contributed by atoms with Gasteiger partial charge in [-0.3, -0.25) is 4.79 Å². The second-order valence-corrected chi connectivity index (χ2v) is 5.42. The molecule has 0 aliphatic carbocycles. The summed E-state index contributed by atoms with van der Waals surface area (Å²) >= 11 is 11.7. The summed E-state index contributed by atoms with van der Waals surface area (Å²) in [5.74, 6) is -0.606. The Bertz CT molecular complexity index is 707. The second kappa shape index (κ2) is 6.33. The largest absolute Gasteiger partial charge is 0.456 e. The lowest BCUT2D eigenvalue weighted by Crippen LogP contribution is -2.09. The molecule has 110 valence electrons. The molecule has 0 aliphatic rings. The van der Waals surface area contributed by atoms with Crippen LogP contribution in [-0.2, 0) is 18.4 Å². The average Bonchev–Trinajstić information content (AvgIpc) is 2.82. The third-order valence-electron chi connectivity index (χ3n) is 2.97. The summed E-state index contributed by atoms with van der Waals surface area (Å²) in [4.78, 5) is 23.3. The monoisotopic (exact) mass is 325 g/mol. The van der Waals surface area contributed by atoms with Gasteiger partial charge >= 0.3 is 5.97 Å². The van der Waals surface area contributed by atoms with Crippen molar-refractivity contribution in [1.29, 1.82) is 0 Å². The van der Waals surface area contributed by atoms with Crippen LogP contribution in [0.1, 0.15) is 33.3 Å². The number of ketones is 1. The van der Waals surface area contributed by atoms with Gasteiger partial charge in [0.05, 0.1) is 10.0 Å². The molecule has 0 spiro atoms. The highest BCUT2D eigenvalue weighted by atomic mass is 35.5. The molecule has 0 saturated carbocycles. The third-order valence-corrected chi connectivity index (χ3v) is 3.71. The number of rotatable bonds is 4. The maximum atomic E-state index is 12.0. The summed E-state index contributed by atoms with van der Waals surface area (Å²) in [5.41, 5.74) is 1.53. The molecule has 0 unspecified atom stereocenters. The summed E-state index contributed by atoms with van der Waals surface area (Å²) in [6.45, 7) is 1.52. The lowest BCUT2D eigenvalue weighted by Gasteiger charge is -2.06. The van der Waals surface area contributed by atoms with Crippen molar-refractivity contribution in [3.8, 4) is 0 Å². The van der Waals surface area contributed by atoms with Gasteiger partial charge in [0.15, 0.2) is 5.78 Å². The number of esters is 1. The van der Waals surface area contributed by atoms with Gasteiger partial charge in [0.1, 0.15) is 12.3 Å². The SMILES string of the molecule is CC(=O)c1cc(C(=O)OCc2ccc(Cl)c(Cl)c2)n(C)c1. The van der Waals surface area contributed by atoms with Gasteiger partial charge in [-0.15, -0.1) is 0 Å². The molecule has 0 amide bonds. The molecule has 1 heterocycles. The van der Waals surface area contributed by atoms with Gasteiger partial charge in [-0.2, -0.15) is 0 Å². The Morgan fingerprint density at radius 3 is 2.48 bits per heavy atom. The summed E-state index contributed by atoms with van der Waals surface area (Å²) in [6, 6.07) is 6.53. The highest BCUT2D eigenvalue weighted by molar-refractivity contribution is 6.42. The van der Waals surface area contributed by atoms with E-state index in [4.69, 9.17) is 27.9 Å². The number of carbonyl (C=O) groups excluding carboxylic acids is 2. The number of nitrogens with zero attached hydrogens (tertiary/aromatic N) is 1. The lowest BCUT2D eigenvalue weighted by molar-refractivity contribution is 0.0461. The Kier molecular flexibility index (Phi) is 4.70. The molecule has 21 heavy (non-hydrogen) atoms. The van der Waals surface area contributed by atoms with E-state index in [1.165, 1.54) is 13.0 Å². The molecule has 1 aromatic carbocycles. The zero-order valence-electron chi connectivity index (χ0n) is 11.5. The van der Waals surface area contributed by atoms with Gasteiger partial charge in [0.25, 0.3) is 0 Å². The maximum Gasteiger partial charge on any atom is 0.355 e. The molecule has 0 N–H and O–H groups in total. The number of halogens is 2. The van der Waals surface area contributed by atoms with E-state index in [0.29, 0.717) is 21.3 Å². The average molecular weight is 326 g/mol. The van der Waals surface area contributed by atoms with Crippen LogP contribution in [0.3, 0.4) is 0 Å². The molecule has 4 nitrogen and oxygen atoms in total. The van der Waals surface area contributed by atoms with Crippen molar-refractivity contribution < 1.29 is 14.3 Å². The molecule has 0 saturated heterocycles. The van der Waals surface area contributed by atoms with E-state index in [-0.39, 0.29) is 12.4 Å². The topological polar surface area (TPSA) is 48.3 Å². The molecule has 0 bridgehead atoms. The highest BCUT2D eigenvalue weighted by Crippen LogP contribution is 2.23. The van der Waals surface area contributed by atoms with E-state index in [1.54, 1.807) is 36.0 Å². The number of aromatic nitrogens is 1. The minimum Gasteiger partial charge on any atom is -0.456 e. The summed E-state index contributed by atoms with van der Waals surface area (Å²) in [7, 11) is 1.68. The Balaban J connectivity index is 2.08. The van der Waals surface area contributed by atoms with Crippen LogP contribution in [0, 0.1) is 0 Å². The predicted octanol–water partition coefficient (Wildman–Crippen LogP) is 3.89. The van der Waals surface area contributed by atoms with Gasteiger partial charge < -0.3 is 9.30 Å². The van der Waals surface area contributed by atoms with E-state index in [0.717, 1.165) is 5.56 Å². The highest BCUT2D eigenvalue weighted by Gasteiger charge is 2.15. The van der Waals surface area contributed by atoms with Crippen LogP contribution in [0.4, 0.5) is 0 Å². The molecule has 0 fully saturated rings. The first kappa shape index (κ1) is 15.6. The lowest BCUT2D eigenvalue weighted by atomic mass is 10.2.